The van der Waals surface area contributed by atoms with E-state index in [9.17, 15) is 9.59 Å². The molecule has 1 fully saturated rings. The van der Waals surface area contributed by atoms with E-state index >= 15 is 0 Å². The first-order chi connectivity index (χ1) is 13.2. The summed E-state index contributed by atoms with van der Waals surface area (Å²) in [5, 5.41) is 0. The second-order valence-electron chi connectivity index (χ2n) is 6.56. The van der Waals surface area contributed by atoms with Crippen LogP contribution in [0.2, 0.25) is 0 Å². The van der Waals surface area contributed by atoms with Crippen LogP contribution in [0.4, 0.5) is 0 Å². The number of esters is 1. The second kappa shape index (κ2) is 7.14. The number of pyridine rings is 2. The van der Waals surface area contributed by atoms with Crippen LogP contribution in [-0.4, -0.2) is 56.5 Å². The number of imidazole rings is 1. The fourth-order valence-corrected chi connectivity index (χ4v) is 3.36. The summed E-state index contributed by atoms with van der Waals surface area (Å²) in [6.07, 6.45) is 7.43. The van der Waals surface area contributed by atoms with Crippen molar-refractivity contribution in [3.63, 3.8) is 0 Å². The maximum absolute atomic E-state index is 12.7. The first kappa shape index (κ1) is 17.1. The number of carbonyl (C=O) groups is 2. The molecule has 0 spiro atoms. The Morgan fingerprint density at radius 1 is 1.30 bits per heavy atom. The molecule has 138 valence electrons. The highest BCUT2D eigenvalue weighted by atomic mass is 16.5. The molecule has 0 radical (unpaired) electrons. The zero-order chi connectivity index (χ0) is 18.8. The molecular formula is C19H19N5O3. The lowest BCUT2D eigenvalue weighted by Gasteiger charge is -2.16. The Balaban J connectivity index is 1.52. The van der Waals surface area contributed by atoms with Gasteiger partial charge in [-0.2, -0.15) is 0 Å². The van der Waals surface area contributed by atoms with Crippen LogP contribution < -0.4 is 0 Å². The molecule has 1 atom stereocenters. The largest absolute Gasteiger partial charge is 0.469 e. The van der Waals surface area contributed by atoms with Gasteiger partial charge >= 0.3 is 5.97 Å². The highest BCUT2D eigenvalue weighted by Crippen LogP contribution is 2.21. The summed E-state index contributed by atoms with van der Waals surface area (Å²) in [6.45, 7) is 1.52. The Bertz CT molecular complexity index is 985. The number of hydrogen-bond donors (Lipinski definition) is 0. The molecule has 8 heteroatoms. The number of carbonyl (C=O) groups excluding carboxylic acids is 2. The average molecular weight is 365 g/mol. The van der Waals surface area contributed by atoms with Crippen LogP contribution in [0.5, 0.6) is 0 Å². The highest BCUT2D eigenvalue weighted by Gasteiger charge is 2.32. The van der Waals surface area contributed by atoms with Gasteiger partial charge in [-0.1, -0.05) is 6.07 Å². The van der Waals surface area contributed by atoms with Crippen molar-refractivity contribution in [3.05, 3.63) is 54.2 Å². The molecule has 3 aromatic heterocycles. The summed E-state index contributed by atoms with van der Waals surface area (Å²) in [5.74, 6) is -0.667. The Morgan fingerprint density at radius 2 is 2.19 bits per heavy atom. The number of nitrogens with zero attached hydrogens (tertiary/aromatic N) is 5. The van der Waals surface area contributed by atoms with Gasteiger partial charge in [0.1, 0.15) is 5.52 Å². The molecule has 1 saturated heterocycles. The van der Waals surface area contributed by atoms with Gasteiger partial charge in [0.15, 0.2) is 5.65 Å². The van der Waals surface area contributed by atoms with Crippen molar-refractivity contribution in [3.8, 4) is 0 Å². The second-order valence-corrected chi connectivity index (χ2v) is 6.56. The minimum absolute atomic E-state index is 0.141. The van der Waals surface area contributed by atoms with E-state index < -0.39 is 0 Å². The Labute approximate surface area is 155 Å². The fourth-order valence-electron chi connectivity index (χ4n) is 3.36. The summed E-state index contributed by atoms with van der Waals surface area (Å²) in [5.41, 5.74) is 2.89. The van der Waals surface area contributed by atoms with Crippen molar-refractivity contribution < 1.29 is 14.3 Å². The lowest BCUT2D eigenvalue weighted by Crippen LogP contribution is -2.30. The molecule has 3 aromatic rings. The molecular weight excluding hydrogens is 346 g/mol. The summed E-state index contributed by atoms with van der Waals surface area (Å²) in [7, 11) is 1.37. The van der Waals surface area contributed by atoms with Gasteiger partial charge in [0.05, 0.1) is 31.5 Å². The number of ether oxygens (including phenoxy) is 1. The van der Waals surface area contributed by atoms with E-state index in [2.05, 4.69) is 15.0 Å². The fraction of sp³-hybridized carbons (Fsp3) is 0.316. The van der Waals surface area contributed by atoms with Gasteiger partial charge in [0.25, 0.3) is 5.91 Å². The molecule has 1 unspecified atom stereocenters. The van der Waals surface area contributed by atoms with Gasteiger partial charge in [-0.3, -0.25) is 14.6 Å². The number of aromatic nitrogens is 4. The summed E-state index contributed by atoms with van der Waals surface area (Å²) in [4.78, 5) is 39.0. The van der Waals surface area contributed by atoms with Crippen molar-refractivity contribution in [2.24, 2.45) is 5.92 Å². The number of hydrogen-bond acceptors (Lipinski definition) is 6. The van der Waals surface area contributed by atoms with Crippen LogP contribution in [-0.2, 0) is 16.1 Å². The number of methoxy groups -OCH3 is 1. The van der Waals surface area contributed by atoms with Crippen molar-refractivity contribution in [2.75, 3.05) is 20.2 Å². The van der Waals surface area contributed by atoms with Gasteiger partial charge < -0.3 is 14.2 Å². The summed E-state index contributed by atoms with van der Waals surface area (Å²) >= 11 is 0. The van der Waals surface area contributed by atoms with E-state index in [1.165, 1.54) is 7.11 Å². The van der Waals surface area contributed by atoms with Gasteiger partial charge in [-0.25, -0.2) is 9.97 Å². The molecule has 27 heavy (non-hydrogen) atoms. The van der Waals surface area contributed by atoms with E-state index in [4.69, 9.17) is 4.74 Å². The standard InChI is InChI=1S/C19H19N5O3/c1-27-19(26)14-4-6-23(11-14)18(25)15-7-16-17(21-9-15)24(12-22-16)10-13-3-2-5-20-8-13/h2-3,5,7-9,12,14H,4,6,10-11H2,1H3. The third kappa shape index (κ3) is 3.38. The quantitative estimate of drug-likeness (QED) is 0.651. The molecule has 0 bridgehead atoms. The van der Waals surface area contributed by atoms with E-state index in [-0.39, 0.29) is 17.8 Å². The molecule has 1 amide bonds. The topological polar surface area (TPSA) is 90.2 Å². The molecule has 1 aliphatic rings. The number of rotatable bonds is 4. The van der Waals surface area contributed by atoms with Gasteiger partial charge in [-0.15, -0.1) is 0 Å². The van der Waals surface area contributed by atoms with Crippen molar-refractivity contribution in [1.82, 2.24) is 24.4 Å². The molecule has 0 aromatic carbocycles. The van der Waals surface area contributed by atoms with E-state index in [0.29, 0.717) is 42.8 Å². The Morgan fingerprint density at radius 3 is 2.96 bits per heavy atom. The molecule has 4 heterocycles. The van der Waals surface area contributed by atoms with Crippen LogP contribution in [0, 0.1) is 5.92 Å². The van der Waals surface area contributed by atoms with E-state index in [0.717, 1.165) is 5.56 Å². The van der Waals surface area contributed by atoms with Gasteiger partial charge in [0.2, 0.25) is 0 Å². The Kier molecular flexibility index (Phi) is 4.53. The van der Waals surface area contributed by atoms with Crippen LogP contribution in [0.1, 0.15) is 22.3 Å². The lowest BCUT2D eigenvalue weighted by molar-refractivity contribution is -0.144. The molecule has 8 nitrogen and oxygen atoms in total. The number of fused-ring (bicyclic) bond motifs is 1. The minimum atomic E-state index is -0.270. The number of likely N-dealkylation sites (tertiary alicyclic amines) is 1. The van der Waals surface area contributed by atoms with Crippen LogP contribution in [0.25, 0.3) is 11.2 Å². The van der Waals surface area contributed by atoms with Crippen LogP contribution >= 0.6 is 0 Å². The van der Waals surface area contributed by atoms with Crippen LogP contribution in [0.15, 0.2) is 43.1 Å². The molecule has 4 rings (SSSR count). The smallest absolute Gasteiger partial charge is 0.310 e. The molecule has 0 aliphatic carbocycles. The predicted octanol–water partition coefficient (Wildman–Crippen LogP) is 1.51. The first-order valence-corrected chi connectivity index (χ1v) is 8.72. The van der Waals surface area contributed by atoms with Crippen molar-refractivity contribution >= 4 is 23.0 Å². The van der Waals surface area contributed by atoms with Gasteiger partial charge in [-0.05, 0) is 24.1 Å². The highest BCUT2D eigenvalue weighted by molar-refractivity contribution is 5.96. The van der Waals surface area contributed by atoms with Crippen LogP contribution in [0.3, 0.4) is 0 Å². The minimum Gasteiger partial charge on any atom is -0.469 e. The third-order valence-corrected chi connectivity index (χ3v) is 4.79. The monoisotopic (exact) mass is 365 g/mol. The lowest BCUT2D eigenvalue weighted by atomic mass is 10.1. The summed E-state index contributed by atoms with van der Waals surface area (Å²) < 4.78 is 6.69. The van der Waals surface area contributed by atoms with Gasteiger partial charge in [0, 0.05) is 31.7 Å². The molecule has 1 aliphatic heterocycles. The predicted molar refractivity (Wildman–Crippen MR) is 96.9 cm³/mol. The Hall–Kier alpha value is -3.29. The number of amides is 1. The van der Waals surface area contributed by atoms with E-state index in [1.54, 1.807) is 35.9 Å². The maximum Gasteiger partial charge on any atom is 0.310 e. The molecule has 0 saturated carbocycles. The average Bonchev–Trinajstić information content (AvgIpc) is 3.35. The first-order valence-electron chi connectivity index (χ1n) is 8.72. The SMILES string of the molecule is COC(=O)C1CCN(C(=O)c2cnc3c(c2)ncn3Cc2cccnc2)C1. The van der Waals surface area contributed by atoms with Crippen molar-refractivity contribution in [1.29, 1.82) is 0 Å². The summed E-state index contributed by atoms with van der Waals surface area (Å²) in [6, 6.07) is 5.62. The van der Waals surface area contributed by atoms with Crippen molar-refractivity contribution in [2.45, 2.75) is 13.0 Å². The zero-order valence-electron chi connectivity index (χ0n) is 14.9. The third-order valence-electron chi connectivity index (χ3n) is 4.79. The normalized spacial score (nSPS) is 16.6. The maximum atomic E-state index is 12.7. The molecule has 0 N–H and O–H groups in total. The zero-order valence-corrected chi connectivity index (χ0v) is 14.9. The van der Waals surface area contributed by atoms with E-state index in [1.807, 2.05) is 16.7 Å².